The van der Waals surface area contributed by atoms with Crippen LogP contribution in [0.4, 0.5) is 17.5 Å². The molecule has 4 aromatic rings. The van der Waals surface area contributed by atoms with Gasteiger partial charge in [-0.1, -0.05) is 47.5 Å². The first kappa shape index (κ1) is 19.3. The number of hydrogen-bond donors (Lipinski definition) is 2. The molecule has 0 radical (unpaired) electrons. The van der Waals surface area contributed by atoms with Crippen LogP contribution in [-0.4, -0.2) is 17.1 Å². The molecule has 0 saturated carbocycles. The topological polar surface area (TPSA) is 59.1 Å². The molecule has 0 aliphatic rings. The zero-order valence-corrected chi connectivity index (χ0v) is 17.1. The first-order chi connectivity index (χ1) is 14.1. The van der Waals surface area contributed by atoms with Gasteiger partial charge in [0.1, 0.15) is 11.6 Å². The summed E-state index contributed by atoms with van der Waals surface area (Å²) < 4.78 is 5.21. The van der Waals surface area contributed by atoms with Crippen LogP contribution in [0, 0.1) is 0 Å². The molecule has 4 rings (SSSR count). The van der Waals surface area contributed by atoms with Gasteiger partial charge in [-0.15, -0.1) is 0 Å². The predicted molar refractivity (Wildman–Crippen MR) is 120 cm³/mol. The fourth-order valence-electron chi connectivity index (χ4n) is 2.90. The summed E-state index contributed by atoms with van der Waals surface area (Å²) in [5.74, 6) is 2.04. The van der Waals surface area contributed by atoms with E-state index >= 15 is 0 Å². The fourth-order valence-corrected chi connectivity index (χ4v) is 3.20. The average molecular weight is 425 g/mol. The Balaban J connectivity index is 1.62. The number of halogens is 2. The van der Waals surface area contributed by atoms with Crippen molar-refractivity contribution in [1.82, 2.24) is 9.97 Å². The molecule has 0 saturated heterocycles. The summed E-state index contributed by atoms with van der Waals surface area (Å²) >= 11 is 12.1. The molecular weight excluding hydrogens is 407 g/mol. The minimum atomic E-state index is 0.468. The molecule has 29 heavy (non-hydrogen) atoms. The zero-order valence-electron chi connectivity index (χ0n) is 15.6. The van der Waals surface area contributed by atoms with Crippen molar-refractivity contribution >= 4 is 51.6 Å². The van der Waals surface area contributed by atoms with E-state index in [1.807, 2.05) is 54.6 Å². The molecule has 5 nitrogen and oxygen atoms in total. The molecule has 2 N–H and O–H groups in total. The highest BCUT2D eigenvalue weighted by Crippen LogP contribution is 2.28. The highest BCUT2D eigenvalue weighted by atomic mass is 35.5. The molecular formula is C22H18Cl2N4O. The van der Waals surface area contributed by atoms with Gasteiger partial charge >= 0.3 is 0 Å². The van der Waals surface area contributed by atoms with Gasteiger partial charge in [0, 0.05) is 17.6 Å². The Labute approximate surface area is 178 Å². The van der Waals surface area contributed by atoms with Crippen LogP contribution < -0.4 is 15.4 Å². The van der Waals surface area contributed by atoms with Crippen LogP contribution in [0.2, 0.25) is 10.0 Å². The maximum atomic E-state index is 6.11. The number of para-hydroxylation sites is 1. The lowest BCUT2D eigenvalue weighted by Crippen LogP contribution is -2.05. The number of aromatic nitrogens is 2. The van der Waals surface area contributed by atoms with Gasteiger partial charge in [0.25, 0.3) is 0 Å². The molecule has 7 heteroatoms. The molecule has 146 valence electrons. The zero-order chi connectivity index (χ0) is 20.2. The Morgan fingerprint density at radius 2 is 1.69 bits per heavy atom. The summed E-state index contributed by atoms with van der Waals surface area (Å²) in [6, 6.07) is 21.1. The maximum Gasteiger partial charge on any atom is 0.229 e. The number of rotatable bonds is 6. The molecule has 0 unspecified atom stereocenters. The highest BCUT2D eigenvalue weighted by Gasteiger charge is 2.09. The lowest BCUT2D eigenvalue weighted by Gasteiger charge is -2.12. The first-order valence-corrected chi connectivity index (χ1v) is 9.73. The summed E-state index contributed by atoms with van der Waals surface area (Å²) in [5, 5.41) is 8.52. The monoisotopic (exact) mass is 424 g/mol. The third-order valence-corrected chi connectivity index (χ3v) is 5.14. The SMILES string of the molecule is COc1ccc(CNc2nc(Nc3ccc(Cl)c(Cl)c3)nc3ccccc23)cc1. The first-order valence-electron chi connectivity index (χ1n) is 8.98. The Bertz CT molecular complexity index is 1150. The van der Waals surface area contributed by atoms with E-state index in [0.717, 1.165) is 33.7 Å². The molecule has 1 aromatic heterocycles. The Kier molecular flexibility index (Phi) is 5.69. The lowest BCUT2D eigenvalue weighted by atomic mass is 10.2. The van der Waals surface area contributed by atoms with Crippen molar-refractivity contribution in [2.75, 3.05) is 17.7 Å². The third-order valence-electron chi connectivity index (χ3n) is 4.40. The van der Waals surface area contributed by atoms with E-state index in [4.69, 9.17) is 27.9 Å². The number of anilines is 3. The molecule has 0 aliphatic heterocycles. The average Bonchev–Trinajstić information content (AvgIpc) is 2.75. The van der Waals surface area contributed by atoms with E-state index in [1.165, 1.54) is 0 Å². The normalized spacial score (nSPS) is 10.7. The second-order valence-corrected chi connectivity index (χ2v) is 7.18. The second kappa shape index (κ2) is 8.55. The van der Waals surface area contributed by atoms with Gasteiger partial charge in [0.15, 0.2) is 0 Å². The number of ether oxygens (including phenoxy) is 1. The van der Waals surface area contributed by atoms with Crippen molar-refractivity contribution in [3.8, 4) is 5.75 Å². The van der Waals surface area contributed by atoms with Gasteiger partial charge in [-0.3, -0.25) is 0 Å². The number of methoxy groups -OCH3 is 1. The van der Waals surface area contributed by atoms with Gasteiger partial charge in [0.05, 0.1) is 22.7 Å². The molecule has 0 spiro atoms. The summed E-state index contributed by atoms with van der Waals surface area (Å²) in [7, 11) is 1.66. The minimum absolute atomic E-state index is 0.468. The lowest BCUT2D eigenvalue weighted by molar-refractivity contribution is 0.414. The van der Waals surface area contributed by atoms with Crippen LogP contribution >= 0.6 is 23.2 Å². The number of benzene rings is 3. The molecule has 3 aromatic carbocycles. The van der Waals surface area contributed by atoms with E-state index in [0.29, 0.717) is 22.5 Å². The van der Waals surface area contributed by atoms with E-state index in [1.54, 1.807) is 19.2 Å². The highest BCUT2D eigenvalue weighted by molar-refractivity contribution is 6.42. The van der Waals surface area contributed by atoms with E-state index < -0.39 is 0 Å². The summed E-state index contributed by atoms with van der Waals surface area (Å²) in [6.45, 7) is 0.622. The van der Waals surface area contributed by atoms with Gasteiger partial charge in [-0.25, -0.2) is 4.98 Å². The van der Waals surface area contributed by atoms with E-state index in [-0.39, 0.29) is 0 Å². The summed E-state index contributed by atoms with van der Waals surface area (Å²) in [5.41, 5.74) is 2.71. The van der Waals surface area contributed by atoms with E-state index in [2.05, 4.69) is 20.6 Å². The van der Waals surface area contributed by atoms with Gasteiger partial charge in [-0.2, -0.15) is 4.98 Å². The van der Waals surface area contributed by atoms with Crippen molar-refractivity contribution in [3.05, 3.63) is 82.3 Å². The third kappa shape index (κ3) is 4.53. The molecule has 0 aliphatic carbocycles. The van der Waals surface area contributed by atoms with Crippen molar-refractivity contribution in [3.63, 3.8) is 0 Å². The number of nitrogens with one attached hydrogen (secondary N) is 2. The summed E-state index contributed by atoms with van der Waals surface area (Å²) in [6.07, 6.45) is 0. The standard InChI is InChI=1S/C22H18Cl2N4O/c1-29-16-9-6-14(7-10-16)13-25-21-17-4-2-3-5-20(17)27-22(28-21)26-15-8-11-18(23)19(24)12-15/h2-12H,13H2,1H3,(H2,25,26,27,28). The van der Waals surface area contributed by atoms with Crippen LogP contribution in [0.5, 0.6) is 5.75 Å². The number of fused-ring (bicyclic) bond motifs is 1. The summed E-state index contributed by atoms with van der Waals surface area (Å²) in [4.78, 5) is 9.27. The van der Waals surface area contributed by atoms with Crippen LogP contribution in [0.25, 0.3) is 10.9 Å². The maximum absolute atomic E-state index is 6.11. The Hall–Kier alpha value is -3.02. The Morgan fingerprint density at radius 1 is 0.897 bits per heavy atom. The molecule has 1 heterocycles. The van der Waals surface area contributed by atoms with Crippen molar-refractivity contribution in [2.45, 2.75) is 6.54 Å². The van der Waals surface area contributed by atoms with Gasteiger partial charge in [-0.05, 0) is 48.0 Å². The van der Waals surface area contributed by atoms with Gasteiger partial charge < -0.3 is 15.4 Å². The van der Waals surface area contributed by atoms with Crippen LogP contribution in [0.1, 0.15) is 5.56 Å². The van der Waals surface area contributed by atoms with Crippen molar-refractivity contribution in [1.29, 1.82) is 0 Å². The number of nitrogens with zero attached hydrogens (tertiary/aromatic N) is 2. The van der Waals surface area contributed by atoms with Crippen molar-refractivity contribution < 1.29 is 4.74 Å². The van der Waals surface area contributed by atoms with Gasteiger partial charge in [0.2, 0.25) is 5.95 Å². The molecule has 0 fully saturated rings. The largest absolute Gasteiger partial charge is 0.497 e. The van der Waals surface area contributed by atoms with Crippen molar-refractivity contribution in [2.24, 2.45) is 0 Å². The Morgan fingerprint density at radius 3 is 2.45 bits per heavy atom. The number of hydrogen-bond acceptors (Lipinski definition) is 5. The quantitative estimate of drug-likeness (QED) is 0.380. The second-order valence-electron chi connectivity index (χ2n) is 6.37. The van der Waals surface area contributed by atoms with Crippen LogP contribution in [-0.2, 0) is 6.54 Å². The van der Waals surface area contributed by atoms with Crippen LogP contribution in [0.3, 0.4) is 0 Å². The van der Waals surface area contributed by atoms with E-state index in [9.17, 15) is 0 Å². The van der Waals surface area contributed by atoms with Crippen LogP contribution in [0.15, 0.2) is 66.7 Å². The molecule has 0 amide bonds. The smallest absolute Gasteiger partial charge is 0.229 e. The predicted octanol–water partition coefficient (Wildman–Crippen LogP) is 6.30. The fraction of sp³-hybridized carbons (Fsp3) is 0.0909. The molecule has 0 atom stereocenters. The minimum Gasteiger partial charge on any atom is -0.497 e. The molecule has 0 bridgehead atoms.